The molecule has 0 radical (unpaired) electrons. The third-order valence-corrected chi connectivity index (χ3v) is 2.56. The Labute approximate surface area is 96.2 Å². The highest BCUT2D eigenvalue weighted by Gasteiger charge is 2.15. The van der Waals surface area contributed by atoms with Gasteiger partial charge in [-0.15, -0.1) is 0 Å². The summed E-state index contributed by atoms with van der Waals surface area (Å²) in [4.78, 5) is 12.9. The van der Waals surface area contributed by atoms with Crippen molar-refractivity contribution in [3.05, 3.63) is 23.8 Å². The summed E-state index contributed by atoms with van der Waals surface area (Å²) in [6.45, 7) is 6.14. The summed E-state index contributed by atoms with van der Waals surface area (Å²) in [5.41, 5.74) is 13.8. The summed E-state index contributed by atoms with van der Waals surface area (Å²) in [6.07, 6.45) is 0. The Morgan fingerprint density at radius 1 is 1.44 bits per heavy atom. The van der Waals surface area contributed by atoms with E-state index in [1.165, 1.54) is 0 Å². The number of hydrogen-bond acceptors (Lipinski definition) is 3. The molecule has 16 heavy (non-hydrogen) atoms. The maximum atomic E-state index is 11.0. The lowest BCUT2D eigenvalue weighted by Crippen LogP contribution is -2.39. The number of nitrogens with zero attached hydrogens (tertiary/aromatic N) is 1. The van der Waals surface area contributed by atoms with Gasteiger partial charge in [-0.1, -0.05) is 12.1 Å². The van der Waals surface area contributed by atoms with Crippen LogP contribution in [0.1, 0.15) is 19.4 Å². The van der Waals surface area contributed by atoms with Gasteiger partial charge in [0.25, 0.3) is 0 Å². The van der Waals surface area contributed by atoms with Crippen molar-refractivity contribution in [2.75, 3.05) is 17.2 Å². The lowest BCUT2D eigenvalue weighted by atomic mass is 10.1. The number of benzene rings is 1. The fourth-order valence-corrected chi connectivity index (χ4v) is 1.63. The molecule has 0 saturated heterocycles. The van der Waals surface area contributed by atoms with Crippen LogP contribution in [0.2, 0.25) is 0 Å². The first kappa shape index (κ1) is 12.4. The van der Waals surface area contributed by atoms with Gasteiger partial charge < -0.3 is 16.4 Å². The minimum atomic E-state index is -0.352. The second kappa shape index (κ2) is 4.88. The molecule has 0 aliphatic rings. The topological polar surface area (TPSA) is 72.3 Å². The monoisotopic (exact) mass is 221 g/mol. The van der Waals surface area contributed by atoms with Crippen LogP contribution in [0, 0.1) is 6.92 Å². The fourth-order valence-electron chi connectivity index (χ4n) is 1.63. The number of carbonyl (C=O) groups excluding carboxylic acids is 1. The van der Waals surface area contributed by atoms with E-state index in [2.05, 4.69) is 0 Å². The van der Waals surface area contributed by atoms with Gasteiger partial charge in [0.2, 0.25) is 5.91 Å². The largest absolute Gasteiger partial charge is 0.397 e. The van der Waals surface area contributed by atoms with E-state index >= 15 is 0 Å². The lowest BCUT2D eigenvalue weighted by molar-refractivity contribution is -0.116. The van der Waals surface area contributed by atoms with Gasteiger partial charge in [0.15, 0.2) is 0 Å². The number of para-hydroxylation sites is 1. The molecule has 0 atom stereocenters. The Morgan fingerprint density at radius 3 is 2.56 bits per heavy atom. The van der Waals surface area contributed by atoms with Gasteiger partial charge in [0, 0.05) is 6.04 Å². The van der Waals surface area contributed by atoms with Gasteiger partial charge in [0.05, 0.1) is 17.9 Å². The lowest BCUT2D eigenvalue weighted by Gasteiger charge is -2.29. The molecule has 0 aromatic heterocycles. The van der Waals surface area contributed by atoms with Crippen LogP contribution in [0.15, 0.2) is 18.2 Å². The molecule has 0 bridgehead atoms. The number of amides is 1. The zero-order chi connectivity index (χ0) is 12.3. The van der Waals surface area contributed by atoms with Crippen molar-refractivity contribution in [3.8, 4) is 0 Å². The van der Waals surface area contributed by atoms with E-state index in [1.807, 2.05) is 43.9 Å². The Hall–Kier alpha value is -1.71. The van der Waals surface area contributed by atoms with E-state index in [4.69, 9.17) is 11.5 Å². The van der Waals surface area contributed by atoms with Gasteiger partial charge in [0.1, 0.15) is 0 Å². The van der Waals surface area contributed by atoms with E-state index in [0.29, 0.717) is 5.69 Å². The number of rotatable bonds is 4. The molecule has 0 aliphatic heterocycles. The van der Waals surface area contributed by atoms with E-state index < -0.39 is 0 Å². The second-order valence-electron chi connectivity index (χ2n) is 4.20. The Balaban J connectivity index is 3.10. The normalized spacial score (nSPS) is 10.5. The van der Waals surface area contributed by atoms with Crippen molar-refractivity contribution in [1.29, 1.82) is 0 Å². The van der Waals surface area contributed by atoms with Crippen LogP contribution >= 0.6 is 0 Å². The van der Waals surface area contributed by atoms with Crippen LogP contribution in [-0.2, 0) is 4.79 Å². The number of hydrogen-bond donors (Lipinski definition) is 2. The maximum Gasteiger partial charge on any atom is 0.236 e. The molecule has 0 fully saturated rings. The number of anilines is 2. The summed E-state index contributed by atoms with van der Waals surface area (Å²) in [6, 6.07) is 5.96. The first-order valence-electron chi connectivity index (χ1n) is 5.33. The molecule has 0 unspecified atom stereocenters. The average molecular weight is 221 g/mol. The predicted octanol–water partition coefficient (Wildman–Crippen LogP) is 1.28. The quantitative estimate of drug-likeness (QED) is 0.752. The standard InChI is InChI=1S/C12H19N3O/c1-8(2)15(7-11(13)16)10-6-4-5-9(3)12(10)14/h4-6,8H,7,14H2,1-3H3,(H2,13,16). The van der Waals surface area contributed by atoms with Gasteiger partial charge in [-0.2, -0.15) is 0 Å². The van der Waals surface area contributed by atoms with E-state index in [-0.39, 0.29) is 18.5 Å². The van der Waals surface area contributed by atoms with Crippen LogP contribution < -0.4 is 16.4 Å². The summed E-state index contributed by atoms with van der Waals surface area (Å²) < 4.78 is 0. The van der Waals surface area contributed by atoms with Crippen LogP contribution in [0.5, 0.6) is 0 Å². The third kappa shape index (κ3) is 2.66. The molecule has 1 amide bonds. The van der Waals surface area contributed by atoms with Crippen molar-refractivity contribution in [1.82, 2.24) is 0 Å². The average Bonchev–Trinajstić information content (AvgIpc) is 2.18. The highest BCUT2D eigenvalue weighted by atomic mass is 16.1. The summed E-state index contributed by atoms with van der Waals surface area (Å²) >= 11 is 0. The van der Waals surface area contributed by atoms with Crippen molar-refractivity contribution >= 4 is 17.3 Å². The number of carbonyl (C=O) groups is 1. The minimum absolute atomic E-state index is 0.177. The van der Waals surface area contributed by atoms with E-state index in [0.717, 1.165) is 11.3 Å². The van der Waals surface area contributed by atoms with Crippen molar-refractivity contribution in [2.45, 2.75) is 26.8 Å². The Bertz CT molecular complexity index is 388. The first-order valence-corrected chi connectivity index (χ1v) is 5.33. The third-order valence-electron chi connectivity index (χ3n) is 2.56. The predicted molar refractivity (Wildman–Crippen MR) is 67.3 cm³/mol. The Morgan fingerprint density at radius 2 is 2.06 bits per heavy atom. The first-order chi connectivity index (χ1) is 7.43. The van der Waals surface area contributed by atoms with Gasteiger partial charge in [-0.3, -0.25) is 4.79 Å². The number of primary amides is 1. The molecular weight excluding hydrogens is 202 g/mol. The molecule has 1 aromatic rings. The zero-order valence-electron chi connectivity index (χ0n) is 10.0. The molecule has 4 N–H and O–H groups in total. The molecule has 1 rings (SSSR count). The smallest absolute Gasteiger partial charge is 0.236 e. The van der Waals surface area contributed by atoms with Crippen molar-refractivity contribution in [3.63, 3.8) is 0 Å². The summed E-state index contributed by atoms with van der Waals surface area (Å²) in [5, 5.41) is 0. The summed E-state index contributed by atoms with van der Waals surface area (Å²) in [5.74, 6) is -0.352. The van der Waals surface area contributed by atoms with Crippen LogP contribution in [-0.4, -0.2) is 18.5 Å². The van der Waals surface area contributed by atoms with Crippen LogP contribution in [0.25, 0.3) is 0 Å². The summed E-state index contributed by atoms with van der Waals surface area (Å²) in [7, 11) is 0. The van der Waals surface area contributed by atoms with Crippen LogP contribution in [0.3, 0.4) is 0 Å². The molecule has 0 aliphatic carbocycles. The van der Waals surface area contributed by atoms with E-state index in [1.54, 1.807) is 0 Å². The number of nitrogens with two attached hydrogens (primary N) is 2. The minimum Gasteiger partial charge on any atom is -0.397 e. The SMILES string of the molecule is Cc1cccc(N(CC(N)=O)C(C)C)c1N. The van der Waals surface area contributed by atoms with Gasteiger partial charge in [-0.25, -0.2) is 0 Å². The Kier molecular flexibility index (Phi) is 3.77. The van der Waals surface area contributed by atoms with Crippen LogP contribution in [0.4, 0.5) is 11.4 Å². The molecule has 4 nitrogen and oxygen atoms in total. The molecule has 88 valence electrons. The highest BCUT2D eigenvalue weighted by molar-refractivity contribution is 5.82. The zero-order valence-corrected chi connectivity index (χ0v) is 10.0. The fraction of sp³-hybridized carbons (Fsp3) is 0.417. The van der Waals surface area contributed by atoms with Crippen molar-refractivity contribution < 1.29 is 4.79 Å². The number of aryl methyl sites for hydroxylation is 1. The molecule has 0 heterocycles. The molecule has 0 spiro atoms. The molecular formula is C12H19N3O. The maximum absolute atomic E-state index is 11.0. The molecule has 4 heteroatoms. The second-order valence-corrected chi connectivity index (χ2v) is 4.20. The molecule has 0 saturated carbocycles. The van der Waals surface area contributed by atoms with Gasteiger partial charge >= 0.3 is 0 Å². The number of nitrogen functional groups attached to an aromatic ring is 1. The van der Waals surface area contributed by atoms with Gasteiger partial charge in [-0.05, 0) is 32.4 Å². The van der Waals surface area contributed by atoms with E-state index in [9.17, 15) is 4.79 Å². The van der Waals surface area contributed by atoms with Crippen molar-refractivity contribution in [2.24, 2.45) is 5.73 Å². The highest BCUT2D eigenvalue weighted by Crippen LogP contribution is 2.27. The molecule has 1 aromatic carbocycles.